The molecule has 1 saturated carbocycles. The van der Waals surface area contributed by atoms with E-state index >= 15 is 0 Å². The Labute approximate surface area is 132 Å². The minimum Gasteiger partial charge on any atom is -0.493 e. The van der Waals surface area contributed by atoms with Crippen molar-refractivity contribution in [3.05, 3.63) is 46.1 Å². The Morgan fingerprint density at radius 3 is 2.65 bits per heavy atom. The average molecular weight is 310 g/mol. The van der Waals surface area contributed by atoms with Crippen LogP contribution in [0.4, 0.5) is 0 Å². The van der Waals surface area contributed by atoms with E-state index in [1.165, 1.54) is 4.52 Å². The standard InChI is InChI=1S/C17H18N4O2/c1-10-13(12-6-8-18-9-7-12)15-19-16(22)14(11-4-2-3-5-11)17(23)21(15)20-10/h6-9,11,23H,2-5H2,1H3,(H,19,22). The van der Waals surface area contributed by atoms with Crippen molar-refractivity contribution >= 4 is 5.65 Å². The summed E-state index contributed by atoms with van der Waals surface area (Å²) in [6.45, 7) is 1.87. The van der Waals surface area contributed by atoms with Crippen molar-refractivity contribution in [2.75, 3.05) is 0 Å². The van der Waals surface area contributed by atoms with Gasteiger partial charge in [0, 0.05) is 18.0 Å². The van der Waals surface area contributed by atoms with E-state index in [2.05, 4.69) is 15.1 Å². The maximum absolute atomic E-state index is 12.6. The molecule has 0 aliphatic heterocycles. The Morgan fingerprint density at radius 2 is 1.96 bits per heavy atom. The molecule has 0 saturated heterocycles. The van der Waals surface area contributed by atoms with Gasteiger partial charge in [-0.2, -0.15) is 9.61 Å². The molecule has 1 aliphatic carbocycles. The number of nitrogens with one attached hydrogen (secondary N) is 1. The zero-order chi connectivity index (χ0) is 16.0. The zero-order valence-electron chi connectivity index (χ0n) is 12.9. The van der Waals surface area contributed by atoms with Crippen LogP contribution in [0.3, 0.4) is 0 Å². The lowest BCUT2D eigenvalue weighted by Gasteiger charge is -2.11. The second kappa shape index (κ2) is 5.22. The van der Waals surface area contributed by atoms with Crippen LogP contribution in [0, 0.1) is 6.92 Å². The number of pyridine rings is 1. The molecule has 118 valence electrons. The fourth-order valence-corrected chi connectivity index (χ4v) is 3.63. The van der Waals surface area contributed by atoms with Crippen LogP contribution < -0.4 is 5.56 Å². The van der Waals surface area contributed by atoms with Gasteiger partial charge >= 0.3 is 0 Å². The molecule has 1 fully saturated rings. The van der Waals surface area contributed by atoms with Gasteiger partial charge in [-0.25, -0.2) is 0 Å². The lowest BCUT2D eigenvalue weighted by Crippen LogP contribution is -2.18. The van der Waals surface area contributed by atoms with Gasteiger partial charge in [0.25, 0.3) is 5.56 Å². The minimum absolute atomic E-state index is 0.0287. The number of rotatable bonds is 2. The number of aromatic nitrogens is 4. The normalized spacial score (nSPS) is 15.5. The van der Waals surface area contributed by atoms with Crippen molar-refractivity contribution in [1.29, 1.82) is 0 Å². The van der Waals surface area contributed by atoms with Crippen molar-refractivity contribution in [1.82, 2.24) is 19.6 Å². The molecule has 3 aromatic heterocycles. The fraction of sp³-hybridized carbons (Fsp3) is 0.353. The molecule has 23 heavy (non-hydrogen) atoms. The Kier molecular flexibility index (Phi) is 3.18. The third kappa shape index (κ3) is 2.13. The van der Waals surface area contributed by atoms with Crippen LogP contribution in [0.2, 0.25) is 0 Å². The van der Waals surface area contributed by atoms with Crippen LogP contribution in [0.15, 0.2) is 29.3 Å². The van der Waals surface area contributed by atoms with Gasteiger partial charge in [0.1, 0.15) is 5.65 Å². The summed E-state index contributed by atoms with van der Waals surface area (Å²) in [6.07, 6.45) is 7.48. The third-order valence-electron chi connectivity index (χ3n) is 4.71. The first-order valence-electron chi connectivity index (χ1n) is 7.91. The predicted octanol–water partition coefficient (Wildman–Crippen LogP) is 2.76. The number of H-pyrrole nitrogens is 1. The molecule has 0 radical (unpaired) electrons. The second-order valence-electron chi connectivity index (χ2n) is 6.13. The van der Waals surface area contributed by atoms with Crippen molar-refractivity contribution in [3.8, 4) is 17.0 Å². The summed E-state index contributed by atoms with van der Waals surface area (Å²) >= 11 is 0. The first kappa shape index (κ1) is 14.0. The van der Waals surface area contributed by atoms with Gasteiger partial charge in [0.15, 0.2) is 0 Å². The van der Waals surface area contributed by atoms with Crippen molar-refractivity contribution in [2.24, 2.45) is 0 Å². The second-order valence-corrected chi connectivity index (χ2v) is 6.13. The summed E-state index contributed by atoms with van der Waals surface area (Å²) in [7, 11) is 0. The van der Waals surface area contributed by atoms with E-state index in [-0.39, 0.29) is 17.4 Å². The monoisotopic (exact) mass is 310 g/mol. The van der Waals surface area contributed by atoms with E-state index in [9.17, 15) is 9.90 Å². The average Bonchev–Trinajstić information content (AvgIpc) is 3.16. The Bertz CT molecular complexity index is 921. The molecule has 6 nitrogen and oxygen atoms in total. The molecule has 0 aromatic carbocycles. The summed E-state index contributed by atoms with van der Waals surface area (Å²) in [5.41, 5.74) is 3.27. The highest BCUT2D eigenvalue weighted by molar-refractivity contribution is 5.79. The zero-order valence-corrected chi connectivity index (χ0v) is 12.9. The molecule has 0 spiro atoms. The van der Waals surface area contributed by atoms with Gasteiger partial charge in [-0.3, -0.25) is 9.78 Å². The molecule has 6 heteroatoms. The Balaban J connectivity index is 1.99. The minimum atomic E-state index is -0.211. The largest absolute Gasteiger partial charge is 0.493 e. The number of hydrogen-bond acceptors (Lipinski definition) is 4. The van der Waals surface area contributed by atoms with Crippen molar-refractivity contribution in [3.63, 3.8) is 0 Å². The molecular formula is C17H18N4O2. The number of aromatic hydroxyl groups is 1. The maximum atomic E-state index is 12.6. The SMILES string of the molecule is Cc1nn2c(O)c(C3CCCC3)c(=O)[nH]c2c1-c1ccncc1. The predicted molar refractivity (Wildman–Crippen MR) is 86.7 cm³/mol. The number of aromatic amines is 1. The summed E-state index contributed by atoms with van der Waals surface area (Å²) in [6, 6.07) is 3.73. The summed E-state index contributed by atoms with van der Waals surface area (Å²) < 4.78 is 1.46. The van der Waals surface area contributed by atoms with Crippen molar-refractivity contribution in [2.45, 2.75) is 38.5 Å². The highest BCUT2D eigenvalue weighted by Crippen LogP contribution is 2.37. The Morgan fingerprint density at radius 1 is 1.26 bits per heavy atom. The smallest absolute Gasteiger partial charge is 0.258 e. The van der Waals surface area contributed by atoms with Gasteiger partial charge in [-0.1, -0.05) is 12.8 Å². The molecule has 0 unspecified atom stereocenters. The summed E-state index contributed by atoms with van der Waals surface area (Å²) in [5.74, 6) is 0.0936. The fourth-order valence-electron chi connectivity index (χ4n) is 3.63. The van der Waals surface area contributed by atoms with Crippen LogP contribution in [0.5, 0.6) is 5.88 Å². The highest BCUT2D eigenvalue weighted by atomic mass is 16.3. The van der Waals surface area contributed by atoms with E-state index in [1.807, 2.05) is 19.1 Å². The van der Waals surface area contributed by atoms with Crippen LogP contribution >= 0.6 is 0 Å². The van der Waals surface area contributed by atoms with Gasteiger partial charge in [-0.05, 0) is 43.4 Å². The molecule has 0 bridgehead atoms. The van der Waals surface area contributed by atoms with E-state index in [1.54, 1.807) is 12.4 Å². The number of nitrogens with zero attached hydrogens (tertiary/aromatic N) is 3. The van der Waals surface area contributed by atoms with Crippen LogP contribution in [-0.2, 0) is 0 Å². The first-order chi connectivity index (χ1) is 11.2. The molecule has 3 aromatic rings. The van der Waals surface area contributed by atoms with Crippen molar-refractivity contribution < 1.29 is 5.11 Å². The summed E-state index contributed by atoms with van der Waals surface area (Å²) in [5, 5.41) is 15.1. The van der Waals surface area contributed by atoms with Crippen LogP contribution in [0.25, 0.3) is 16.8 Å². The van der Waals surface area contributed by atoms with Gasteiger partial charge in [0.2, 0.25) is 5.88 Å². The van der Waals surface area contributed by atoms with Crippen LogP contribution in [0.1, 0.15) is 42.9 Å². The molecule has 3 heterocycles. The third-order valence-corrected chi connectivity index (χ3v) is 4.71. The highest BCUT2D eigenvalue weighted by Gasteiger charge is 2.26. The van der Waals surface area contributed by atoms with Gasteiger partial charge in [-0.15, -0.1) is 0 Å². The lowest BCUT2D eigenvalue weighted by molar-refractivity contribution is 0.419. The molecular weight excluding hydrogens is 292 g/mol. The molecule has 1 aliphatic rings. The van der Waals surface area contributed by atoms with E-state index < -0.39 is 0 Å². The quantitative estimate of drug-likeness (QED) is 0.762. The van der Waals surface area contributed by atoms with E-state index in [0.717, 1.165) is 42.5 Å². The van der Waals surface area contributed by atoms with Gasteiger partial charge < -0.3 is 10.1 Å². The van der Waals surface area contributed by atoms with Crippen LogP contribution in [-0.4, -0.2) is 24.7 Å². The maximum Gasteiger partial charge on any atom is 0.258 e. The Hall–Kier alpha value is -2.63. The molecule has 2 N–H and O–H groups in total. The van der Waals surface area contributed by atoms with Gasteiger partial charge in [0.05, 0.1) is 11.3 Å². The first-order valence-corrected chi connectivity index (χ1v) is 7.91. The lowest BCUT2D eigenvalue weighted by atomic mass is 10.00. The summed E-state index contributed by atoms with van der Waals surface area (Å²) in [4.78, 5) is 19.5. The molecule has 0 amide bonds. The van der Waals surface area contributed by atoms with E-state index in [0.29, 0.717) is 11.2 Å². The number of hydrogen-bond donors (Lipinski definition) is 2. The molecule has 0 atom stereocenters. The number of fused-ring (bicyclic) bond motifs is 1. The molecule has 4 rings (SSSR count). The number of aryl methyl sites for hydroxylation is 1. The van der Waals surface area contributed by atoms with E-state index in [4.69, 9.17) is 0 Å². The topological polar surface area (TPSA) is 83.3 Å².